The van der Waals surface area contributed by atoms with Crippen molar-refractivity contribution in [3.05, 3.63) is 60.8 Å². The van der Waals surface area contributed by atoms with E-state index in [2.05, 4.69) is 74.6 Å². The Balaban J connectivity index is 4.42. The van der Waals surface area contributed by atoms with Gasteiger partial charge in [-0.15, -0.1) is 0 Å². The summed E-state index contributed by atoms with van der Waals surface area (Å²) in [7, 11) is 1.45. The molecule has 9 nitrogen and oxygen atoms in total. The first-order valence-electron chi connectivity index (χ1n) is 20.5. The number of likely N-dealkylation sites (N-methyl/N-ethyl adjacent to an activating group) is 1. The average molecular weight is 767 g/mol. The average Bonchev–Trinajstić information content (AvgIpc) is 3.10. The van der Waals surface area contributed by atoms with Gasteiger partial charge in [0, 0.05) is 12.8 Å². The number of phosphoric ester groups is 1. The molecule has 2 atom stereocenters. The fraction of sp³-hybridized carbons (Fsp3) is 0.721. The highest BCUT2D eigenvalue weighted by molar-refractivity contribution is 7.47. The Bertz CT molecular complexity index is 1090. The summed E-state index contributed by atoms with van der Waals surface area (Å²) < 4.78 is 34.1. The summed E-state index contributed by atoms with van der Waals surface area (Å²) in [6.07, 6.45) is 41.3. The number of hydrogen-bond acceptors (Lipinski definition) is 7. The molecule has 10 heteroatoms. The molecule has 0 rings (SSSR count). The molecule has 53 heavy (non-hydrogen) atoms. The topological polar surface area (TPSA) is 108 Å². The largest absolute Gasteiger partial charge is 0.472 e. The molecule has 0 amide bonds. The van der Waals surface area contributed by atoms with Crippen LogP contribution in [0.3, 0.4) is 0 Å². The van der Waals surface area contributed by atoms with E-state index in [-0.39, 0.29) is 26.1 Å². The number of ether oxygens (including phenoxy) is 2. The van der Waals surface area contributed by atoms with Crippen LogP contribution in [-0.4, -0.2) is 74.9 Å². The molecular weight excluding hydrogens is 689 g/mol. The summed E-state index contributed by atoms with van der Waals surface area (Å²) in [6, 6.07) is 0. The first-order valence-corrected chi connectivity index (χ1v) is 22.0. The smallest absolute Gasteiger partial charge is 0.462 e. The number of allylic oxidation sites excluding steroid dienone is 10. The molecule has 306 valence electrons. The van der Waals surface area contributed by atoms with Crippen LogP contribution in [0.25, 0.3) is 0 Å². The number of carbonyl (C=O) groups excluding carboxylic acids is 2. The molecule has 0 aromatic rings. The highest BCUT2D eigenvalue weighted by Crippen LogP contribution is 2.43. The van der Waals surface area contributed by atoms with Gasteiger partial charge in [0.2, 0.25) is 0 Å². The van der Waals surface area contributed by atoms with Gasteiger partial charge in [0.05, 0.1) is 27.7 Å². The van der Waals surface area contributed by atoms with Gasteiger partial charge in [0.1, 0.15) is 19.8 Å². The summed E-state index contributed by atoms with van der Waals surface area (Å²) in [5.74, 6) is -0.843. The van der Waals surface area contributed by atoms with Crippen LogP contribution in [0.2, 0.25) is 0 Å². The van der Waals surface area contributed by atoms with Crippen molar-refractivity contribution >= 4 is 19.8 Å². The van der Waals surface area contributed by atoms with Crippen molar-refractivity contribution in [2.45, 2.75) is 155 Å². The predicted octanol–water partition coefficient (Wildman–Crippen LogP) is 11.3. The molecule has 0 fully saturated rings. The zero-order valence-corrected chi connectivity index (χ0v) is 35.1. The Kier molecular flexibility index (Phi) is 33.9. The molecule has 0 heterocycles. The molecule has 0 aromatic heterocycles. The Morgan fingerprint density at radius 3 is 1.60 bits per heavy atom. The Morgan fingerprint density at radius 2 is 1.08 bits per heavy atom. The lowest BCUT2D eigenvalue weighted by atomic mass is 10.1. The summed E-state index contributed by atoms with van der Waals surface area (Å²) in [5, 5.41) is 0. The third kappa shape index (κ3) is 39.2. The minimum atomic E-state index is -4.38. The lowest BCUT2D eigenvalue weighted by Gasteiger charge is -2.24. The second-order valence-electron chi connectivity index (χ2n) is 14.6. The van der Waals surface area contributed by atoms with Gasteiger partial charge in [-0.3, -0.25) is 18.6 Å². The molecule has 0 aliphatic carbocycles. The van der Waals surface area contributed by atoms with Crippen molar-refractivity contribution in [2.24, 2.45) is 0 Å². The standard InChI is InChI=1S/C43H76NO8P/c1-6-8-10-12-14-16-18-19-20-21-22-23-24-25-26-28-29-31-33-35-42(45)49-39-41(40-51-53(47,48)50-38-37-44(3,4)5)52-43(46)36-34-32-30-27-17-15-13-11-9-7-2/h8,10,14,16,19-20,22-23,25-26,41H,6-7,9,11-13,15,17-18,21,24,27-40H2,1-5H3/p+1/b10-8+,16-14+,20-19+,23-22+,26-25+/t41-/m0/s1. The van der Waals surface area contributed by atoms with Crippen molar-refractivity contribution in [3.63, 3.8) is 0 Å². The number of unbranched alkanes of at least 4 members (excludes halogenated alkanes) is 12. The van der Waals surface area contributed by atoms with Crippen LogP contribution in [0, 0.1) is 0 Å². The van der Waals surface area contributed by atoms with Gasteiger partial charge in [-0.25, -0.2) is 4.57 Å². The van der Waals surface area contributed by atoms with E-state index >= 15 is 0 Å². The molecular formula is C43H77NO8P+. The number of phosphoric acid groups is 1. The molecule has 0 saturated heterocycles. The molecule has 0 aliphatic rings. The number of hydrogen-bond donors (Lipinski definition) is 1. The fourth-order valence-electron chi connectivity index (χ4n) is 5.10. The van der Waals surface area contributed by atoms with Gasteiger partial charge < -0.3 is 18.9 Å². The van der Waals surface area contributed by atoms with Crippen LogP contribution >= 0.6 is 7.82 Å². The van der Waals surface area contributed by atoms with Crippen molar-refractivity contribution in [1.82, 2.24) is 0 Å². The van der Waals surface area contributed by atoms with Crippen LogP contribution in [0.1, 0.15) is 149 Å². The summed E-state index contributed by atoms with van der Waals surface area (Å²) in [6.45, 7) is 4.23. The zero-order chi connectivity index (χ0) is 39.3. The van der Waals surface area contributed by atoms with Gasteiger partial charge in [0.15, 0.2) is 6.10 Å². The normalized spacial score (nSPS) is 14.3. The maximum Gasteiger partial charge on any atom is 0.472 e. The molecule has 0 bridgehead atoms. The highest BCUT2D eigenvalue weighted by Gasteiger charge is 2.27. The first kappa shape index (κ1) is 50.7. The van der Waals surface area contributed by atoms with E-state index in [0.717, 1.165) is 70.6 Å². The van der Waals surface area contributed by atoms with E-state index < -0.39 is 32.5 Å². The maximum atomic E-state index is 12.6. The van der Waals surface area contributed by atoms with E-state index in [0.29, 0.717) is 23.9 Å². The number of carbonyl (C=O) groups is 2. The van der Waals surface area contributed by atoms with Crippen LogP contribution in [0.15, 0.2) is 60.8 Å². The molecule has 1 unspecified atom stereocenters. The van der Waals surface area contributed by atoms with Gasteiger partial charge in [-0.05, 0) is 57.8 Å². The van der Waals surface area contributed by atoms with E-state index in [9.17, 15) is 19.0 Å². The summed E-state index contributed by atoms with van der Waals surface area (Å²) in [4.78, 5) is 35.2. The molecule has 1 N–H and O–H groups in total. The zero-order valence-electron chi connectivity index (χ0n) is 34.2. The number of esters is 2. The SMILES string of the molecule is CC/C=C/C/C=C/C/C=C/C/C=C/C/C=C/CCCCCC(=O)OC[C@@H](COP(=O)(O)OCC[N+](C)(C)C)OC(=O)CCCCCCCCCCCC. The first-order chi connectivity index (χ1) is 25.5. The Labute approximate surface area is 324 Å². The second-order valence-corrected chi connectivity index (χ2v) is 16.1. The van der Waals surface area contributed by atoms with Crippen LogP contribution < -0.4 is 0 Å². The number of rotatable bonds is 36. The highest BCUT2D eigenvalue weighted by atomic mass is 31.2. The van der Waals surface area contributed by atoms with E-state index in [1.54, 1.807) is 0 Å². The molecule has 0 aliphatic heterocycles. The van der Waals surface area contributed by atoms with E-state index in [1.165, 1.54) is 38.5 Å². The molecule has 0 radical (unpaired) electrons. The van der Waals surface area contributed by atoms with Gasteiger partial charge >= 0.3 is 19.8 Å². The lowest BCUT2D eigenvalue weighted by molar-refractivity contribution is -0.870. The molecule has 0 saturated carbocycles. The van der Waals surface area contributed by atoms with Crippen molar-refractivity contribution < 1.29 is 42.1 Å². The Hall–Kier alpha value is -2.29. The second kappa shape index (κ2) is 35.4. The Morgan fingerprint density at radius 1 is 0.604 bits per heavy atom. The maximum absolute atomic E-state index is 12.6. The number of nitrogens with zero attached hydrogens (tertiary/aromatic N) is 1. The van der Waals surface area contributed by atoms with Gasteiger partial charge in [0.25, 0.3) is 0 Å². The van der Waals surface area contributed by atoms with Crippen LogP contribution in [0.5, 0.6) is 0 Å². The molecule has 0 aromatic carbocycles. The predicted molar refractivity (Wildman–Crippen MR) is 219 cm³/mol. The minimum Gasteiger partial charge on any atom is -0.462 e. The van der Waals surface area contributed by atoms with Crippen molar-refractivity contribution in [3.8, 4) is 0 Å². The van der Waals surface area contributed by atoms with Gasteiger partial charge in [-0.2, -0.15) is 0 Å². The lowest BCUT2D eigenvalue weighted by Crippen LogP contribution is -2.37. The quantitative estimate of drug-likeness (QED) is 0.0221. The summed E-state index contributed by atoms with van der Waals surface area (Å²) >= 11 is 0. The fourth-order valence-corrected chi connectivity index (χ4v) is 5.84. The third-order valence-electron chi connectivity index (χ3n) is 8.31. The van der Waals surface area contributed by atoms with Crippen LogP contribution in [0.4, 0.5) is 0 Å². The minimum absolute atomic E-state index is 0.0243. The van der Waals surface area contributed by atoms with Crippen molar-refractivity contribution in [2.75, 3.05) is 47.5 Å². The third-order valence-corrected chi connectivity index (χ3v) is 9.30. The number of quaternary nitrogens is 1. The van der Waals surface area contributed by atoms with E-state index in [4.69, 9.17) is 18.5 Å². The van der Waals surface area contributed by atoms with Crippen LogP contribution in [-0.2, 0) is 32.7 Å². The monoisotopic (exact) mass is 767 g/mol. The van der Waals surface area contributed by atoms with Gasteiger partial charge in [-0.1, -0.05) is 139 Å². The van der Waals surface area contributed by atoms with Crippen molar-refractivity contribution in [1.29, 1.82) is 0 Å². The summed E-state index contributed by atoms with van der Waals surface area (Å²) in [5.41, 5.74) is 0. The molecule has 0 spiro atoms. The van der Waals surface area contributed by atoms with E-state index in [1.807, 2.05) is 21.1 Å².